The molecule has 1 atom stereocenters. The topological polar surface area (TPSA) is 74.6 Å². The van der Waals surface area contributed by atoms with Crippen LogP contribution in [0.15, 0.2) is 22.8 Å². The molecule has 0 spiro atoms. The van der Waals surface area contributed by atoms with Crippen molar-refractivity contribution in [2.24, 2.45) is 0 Å². The molecule has 0 aromatic carbocycles. The first-order valence-corrected chi connectivity index (χ1v) is 7.03. The largest absolute Gasteiger partial charge is 0.459 e. The Kier molecular flexibility index (Phi) is 5.31. The van der Waals surface area contributed by atoms with Crippen LogP contribution in [0.5, 0.6) is 0 Å². The Bertz CT molecular complexity index is 439. The predicted octanol–water partition coefficient (Wildman–Crippen LogP) is 0.610. The Morgan fingerprint density at radius 1 is 1.55 bits per heavy atom. The number of rotatable bonds is 6. The lowest BCUT2D eigenvalue weighted by Gasteiger charge is -2.26. The molecule has 2 amide bonds. The van der Waals surface area contributed by atoms with Gasteiger partial charge in [-0.1, -0.05) is 6.92 Å². The highest BCUT2D eigenvalue weighted by Crippen LogP contribution is 2.09. The first-order valence-electron chi connectivity index (χ1n) is 7.03. The highest BCUT2D eigenvalue weighted by molar-refractivity contribution is 6.03. The average Bonchev–Trinajstić information content (AvgIpc) is 3.11. The van der Waals surface area contributed by atoms with E-state index in [-0.39, 0.29) is 18.2 Å². The summed E-state index contributed by atoms with van der Waals surface area (Å²) in [4.78, 5) is 25.8. The molecule has 1 aromatic rings. The number of nitrogens with zero attached hydrogens (tertiary/aromatic N) is 1. The van der Waals surface area contributed by atoms with Crippen molar-refractivity contribution in [1.29, 1.82) is 0 Å². The van der Waals surface area contributed by atoms with Gasteiger partial charge < -0.3 is 9.73 Å². The monoisotopic (exact) mass is 279 g/mol. The van der Waals surface area contributed by atoms with E-state index in [1.807, 2.05) is 0 Å². The van der Waals surface area contributed by atoms with Gasteiger partial charge in [0, 0.05) is 12.6 Å². The van der Waals surface area contributed by atoms with Crippen LogP contribution in [0.25, 0.3) is 0 Å². The summed E-state index contributed by atoms with van der Waals surface area (Å²) >= 11 is 0. The molecule has 1 unspecified atom stereocenters. The van der Waals surface area contributed by atoms with E-state index in [0.29, 0.717) is 6.04 Å². The van der Waals surface area contributed by atoms with E-state index in [0.717, 1.165) is 32.5 Å². The zero-order valence-electron chi connectivity index (χ0n) is 11.7. The first kappa shape index (κ1) is 14.7. The minimum atomic E-state index is -0.485. The molecule has 110 valence electrons. The van der Waals surface area contributed by atoms with Crippen LogP contribution < -0.4 is 10.6 Å². The van der Waals surface area contributed by atoms with E-state index in [4.69, 9.17) is 4.42 Å². The molecule has 0 saturated carbocycles. The number of furan rings is 1. The SMILES string of the molecule is CCCN(CC(=O)NC(=O)c1ccco1)C1CCNC1. The molecule has 0 bridgehead atoms. The summed E-state index contributed by atoms with van der Waals surface area (Å²) in [5, 5.41) is 5.65. The molecule has 1 aliphatic rings. The molecule has 20 heavy (non-hydrogen) atoms. The molecule has 2 N–H and O–H groups in total. The fraction of sp³-hybridized carbons (Fsp3) is 0.571. The molecule has 1 saturated heterocycles. The van der Waals surface area contributed by atoms with Crippen LogP contribution >= 0.6 is 0 Å². The van der Waals surface area contributed by atoms with Crippen LogP contribution in [0, 0.1) is 0 Å². The van der Waals surface area contributed by atoms with Crippen molar-refractivity contribution >= 4 is 11.8 Å². The third-order valence-electron chi connectivity index (χ3n) is 3.41. The van der Waals surface area contributed by atoms with Crippen molar-refractivity contribution in [1.82, 2.24) is 15.5 Å². The average molecular weight is 279 g/mol. The van der Waals surface area contributed by atoms with Crippen LogP contribution in [0.3, 0.4) is 0 Å². The predicted molar refractivity (Wildman–Crippen MR) is 74.3 cm³/mol. The fourth-order valence-electron chi connectivity index (χ4n) is 2.45. The van der Waals surface area contributed by atoms with Gasteiger partial charge in [0.1, 0.15) is 0 Å². The lowest BCUT2D eigenvalue weighted by Crippen LogP contribution is -2.45. The van der Waals surface area contributed by atoms with Crippen molar-refractivity contribution in [2.75, 3.05) is 26.2 Å². The van der Waals surface area contributed by atoms with Gasteiger partial charge in [0.05, 0.1) is 12.8 Å². The second kappa shape index (κ2) is 7.21. The number of carbonyl (C=O) groups is 2. The lowest BCUT2D eigenvalue weighted by molar-refractivity contribution is -0.121. The van der Waals surface area contributed by atoms with E-state index < -0.39 is 5.91 Å². The zero-order chi connectivity index (χ0) is 14.4. The molecule has 6 nitrogen and oxygen atoms in total. The van der Waals surface area contributed by atoms with Gasteiger partial charge in [0.2, 0.25) is 5.91 Å². The number of hydrogen-bond donors (Lipinski definition) is 2. The third-order valence-corrected chi connectivity index (χ3v) is 3.41. The Hall–Kier alpha value is -1.66. The highest BCUT2D eigenvalue weighted by Gasteiger charge is 2.24. The maximum Gasteiger partial charge on any atom is 0.293 e. The van der Waals surface area contributed by atoms with Gasteiger partial charge >= 0.3 is 0 Å². The van der Waals surface area contributed by atoms with Crippen LogP contribution in [-0.2, 0) is 4.79 Å². The van der Waals surface area contributed by atoms with Crippen molar-refractivity contribution in [3.8, 4) is 0 Å². The molecule has 2 rings (SSSR count). The maximum atomic E-state index is 12.0. The van der Waals surface area contributed by atoms with E-state index in [1.54, 1.807) is 6.07 Å². The molecule has 6 heteroatoms. The smallest absolute Gasteiger partial charge is 0.293 e. The number of imide groups is 1. The minimum Gasteiger partial charge on any atom is -0.459 e. The Morgan fingerprint density at radius 3 is 3.00 bits per heavy atom. The molecule has 1 aliphatic heterocycles. The normalized spacial score (nSPS) is 18.4. The zero-order valence-corrected chi connectivity index (χ0v) is 11.7. The summed E-state index contributed by atoms with van der Waals surface area (Å²) in [5.74, 6) is -0.615. The second-order valence-electron chi connectivity index (χ2n) is 4.97. The molecule has 1 fully saturated rings. The van der Waals surface area contributed by atoms with Gasteiger partial charge in [0.15, 0.2) is 5.76 Å². The van der Waals surface area contributed by atoms with Gasteiger partial charge in [-0.3, -0.25) is 19.8 Å². The standard InChI is InChI=1S/C14H21N3O3/c1-2-7-17(11-5-6-15-9-11)10-13(18)16-14(19)12-4-3-8-20-12/h3-4,8,11,15H,2,5-7,9-10H2,1H3,(H,16,18,19). The number of amides is 2. The number of hydrogen-bond acceptors (Lipinski definition) is 5. The summed E-state index contributed by atoms with van der Waals surface area (Å²) < 4.78 is 4.96. The molecule has 2 heterocycles. The minimum absolute atomic E-state index is 0.155. The molecule has 1 aromatic heterocycles. The number of nitrogens with one attached hydrogen (secondary N) is 2. The van der Waals surface area contributed by atoms with Crippen LogP contribution in [0.4, 0.5) is 0 Å². The Balaban J connectivity index is 1.86. The summed E-state index contributed by atoms with van der Waals surface area (Å²) in [7, 11) is 0. The van der Waals surface area contributed by atoms with Crippen LogP contribution in [-0.4, -0.2) is 48.9 Å². The van der Waals surface area contributed by atoms with Crippen molar-refractivity contribution in [2.45, 2.75) is 25.8 Å². The first-order chi connectivity index (χ1) is 9.70. The quantitative estimate of drug-likeness (QED) is 0.798. The van der Waals surface area contributed by atoms with Gasteiger partial charge in [0.25, 0.3) is 5.91 Å². The summed E-state index contributed by atoms with van der Waals surface area (Å²) in [6.07, 6.45) is 3.43. The summed E-state index contributed by atoms with van der Waals surface area (Å²) in [6.45, 7) is 5.07. The molecule has 0 aliphatic carbocycles. The van der Waals surface area contributed by atoms with Gasteiger partial charge in [-0.25, -0.2) is 0 Å². The second-order valence-corrected chi connectivity index (χ2v) is 4.97. The van der Waals surface area contributed by atoms with E-state index in [1.165, 1.54) is 12.3 Å². The van der Waals surface area contributed by atoms with Crippen molar-refractivity contribution in [3.05, 3.63) is 24.2 Å². The fourth-order valence-corrected chi connectivity index (χ4v) is 2.45. The highest BCUT2D eigenvalue weighted by atomic mass is 16.3. The maximum absolute atomic E-state index is 12.0. The van der Waals surface area contributed by atoms with Crippen LogP contribution in [0.1, 0.15) is 30.3 Å². The molecular weight excluding hydrogens is 258 g/mol. The van der Waals surface area contributed by atoms with E-state index in [2.05, 4.69) is 22.5 Å². The van der Waals surface area contributed by atoms with Gasteiger partial charge in [-0.15, -0.1) is 0 Å². The van der Waals surface area contributed by atoms with E-state index in [9.17, 15) is 9.59 Å². The number of carbonyl (C=O) groups excluding carboxylic acids is 2. The molecule has 0 radical (unpaired) electrons. The third kappa shape index (κ3) is 3.91. The van der Waals surface area contributed by atoms with Crippen LogP contribution in [0.2, 0.25) is 0 Å². The molecular formula is C14H21N3O3. The lowest BCUT2D eigenvalue weighted by atomic mass is 10.2. The Labute approximate surface area is 118 Å². The van der Waals surface area contributed by atoms with Gasteiger partial charge in [-0.2, -0.15) is 0 Å². The van der Waals surface area contributed by atoms with E-state index >= 15 is 0 Å². The van der Waals surface area contributed by atoms with Gasteiger partial charge in [-0.05, 0) is 38.1 Å². The van der Waals surface area contributed by atoms with Crippen molar-refractivity contribution < 1.29 is 14.0 Å². The summed E-state index contributed by atoms with van der Waals surface area (Å²) in [5.41, 5.74) is 0. The van der Waals surface area contributed by atoms with Crippen molar-refractivity contribution in [3.63, 3.8) is 0 Å². The Morgan fingerprint density at radius 2 is 2.40 bits per heavy atom. The summed E-state index contributed by atoms with van der Waals surface area (Å²) in [6, 6.07) is 3.53.